The molecule has 194 valence electrons. The van der Waals surface area contributed by atoms with Gasteiger partial charge in [-0.15, -0.1) is 0 Å². The van der Waals surface area contributed by atoms with Crippen LogP contribution in [0.1, 0.15) is 23.1 Å². The van der Waals surface area contributed by atoms with Gasteiger partial charge >= 0.3 is 12.1 Å². The average molecular weight is 508 g/mol. The standard InChI is InChI=1S/C31H33N5O2/c1-22-12-16-25(17-13-22)32-29(37)34-31(35-30(38)33-26-18-14-23(2)15-19-26)21-36(20-24-8-4-3-5-9-24)28-11-7-6-10-27(28)31/h3-9,11-19,27H,10,20-21H2,1-2H3,(H2,32,34,37)(H2,33,35,38). The van der Waals surface area contributed by atoms with Gasteiger partial charge in [0.1, 0.15) is 5.66 Å². The van der Waals surface area contributed by atoms with Crippen LogP contribution >= 0.6 is 0 Å². The molecule has 7 heteroatoms. The molecule has 1 fully saturated rings. The number of fused-ring (bicyclic) bond motifs is 1. The zero-order valence-electron chi connectivity index (χ0n) is 21.7. The number of benzene rings is 3. The highest BCUT2D eigenvalue weighted by atomic mass is 16.2. The van der Waals surface area contributed by atoms with Gasteiger partial charge in [0.05, 0.1) is 6.54 Å². The third-order valence-corrected chi connectivity index (χ3v) is 7.04. The summed E-state index contributed by atoms with van der Waals surface area (Å²) in [6.07, 6.45) is 6.89. The van der Waals surface area contributed by atoms with Crippen LogP contribution < -0.4 is 21.3 Å². The van der Waals surface area contributed by atoms with E-state index in [0.717, 1.165) is 22.4 Å². The number of hydrogen-bond donors (Lipinski definition) is 4. The van der Waals surface area contributed by atoms with Crippen LogP contribution in [-0.2, 0) is 6.54 Å². The van der Waals surface area contributed by atoms with Crippen molar-refractivity contribution >= 4 is 23.4 Å². The summed E-state index contributed by atoms with van der Waals surface area (Å²) in [4.78, 5) is 28.9. The summed E-state index contributed by atoms with van der Waals surface area (Å²) in [7, 11) is 0. The number of carbonyl (C=O) groups excluding carboxylic acids is 2. The molecule has 4 amide bonds. The van der Waals surface area contributed by atoms with Crippen LogP contribution in [-0.4, -0.2) is 29.2 Å². The predicted molar refractivity (Wildman–Crippen MR) is 152 cm³/mol. The molecule has 0 bridgehead atoms. The largest absolute Gasteiger partial charge is 0.366 e. The predicted octanol–water partition coefficient (Wildman–Crippen LogP) is 5.92. The number of urea groups is 2. The summed E-state index contributed by atoms with van der Waals surface area (Å²) in [5.74, 6) is -0.135. The van der Waals surface area contributed by atoms with E-state index in [-0.39, 0.29) is 18.0 Å². The minimum absolute atomic E-state index is 0.135. The van der Waals surface area contributed by atoms with Gasteiger partial charge in [-0.1, -0.05) is 77.9 Å². The second kappa shape index (κ2) is 10.8. The molecule has 2 aliphatic rings. The van der Waals surface area contributed by atoms with Crippen molar-refractivity contribution in [2.45, 2.75) is 32.5 Å². The van der Waals surface area contributed by atoms with Gasteiger partial charge in [0.25, 0.3) is 0 Å². The zero-order valence-corrected chi connectivity index (χ0v) is 21.7. The van der Waals surface area contributed by atoms with Gasteiger partial charge in [-0.05, 0) is 56.2 Å². The molecule has 1 saturated heterocycles. The van der Waals surface area contributed by atoms with Crippen molar-refractivity contribution in [3.63, 3.8) is 0 Å². The molecule has 0 radical (unpaired) electrons. The first-order valence-electron chi connectivity index (χ1n) is 12.9. The molecule has 1 atom stereocenters. The maximum absolute atomic E-state index is 13.3. The fourth-order valence-electron chi connectivity index (χ4n) is 5.14. The van der Waals surface area contributed by atoms with E-state index in [1.807, 2.05) is 86.7 Å². The molecule has 38 heavy (non-hydrogen) atoms. The number of nitrogens with one attached hydrogen (secondary N) is 4. The molecule has 0 saturated carbocycles. The molecular weight excluding hydrogens is 474 g/mol. The molecule has 0 spiro atoms. The highest BCUT2D eigenvalue weighted by molar-refractivity contribution is 5.92. The van der Waals surface area contributed by atoms with Crippen molar-refractivity contribution in [1.82, 2.24) is 15.5 Å². The molecule has 3 aromatic carbocycles. The van der Waals surface area contributed by atoms with Crippen LogP contribution in [0.25, 0.3) is 0 Å². The lowest BCUT2D eigenvalue weighted by atomic mass is 9.87. The average Bonchev–Trinajstić information content (AvgIpc) is 3.19. The molecule has 5 rings (SSSR count). The van der Waals surface area contributed by atoms with Crippen LogP contribution in [0.4, 0.5) is 21.0 Å². The van der Waals surface area contributed by atoms with Crippen LogP contribution in [0, 0.1) is 19.8 Å². The number of anilines is 2. The quantitative estimate of drug-likeness (QED) is 0.313. The van der Waals surface area contributed by atoms with Crippen LogP contribution in [0.5, 0.6) is 0 Å². The molecule has 1 heterocycles. The van der Waals surface area contributed by atoms with Crippen LogP contribution in [0.2, 0.25) is 0 Å². The van der Waals surface area contributed by atoms with E-state index in [0.29, 0.717) is 30.9 Å². The van der Waals surface area contributed by atoms with Gasteiger partial charge in [-0.3, -0.25) is 0 Å². The normalized spacial score (nSPS) is 17.3. The monoisotopic (exact) mass is 507 g/mol. The molecule has 7 nitrogen and oxygen atoms in total. The maximum Gasteiger partial charge on any atom is 0.321 e. The first-order chi connectivity index (χ1) is 18.4. The van der Waals surface area contributed by atoms with E-state index in [4.69, 9.17) is 0 Å². The summed E-state index contributed by atoms with van der Waals surface area (Å²) in [6, 6.07) is 24.7. The van der Waals surface area contributed by atoms with E-state index < -0.39 is 5.66 Å². The number of aryl methyl sites for hydroxylation is 2. The van der Waals surface area contributed by atoms with Gasteiger partial charge in [-0.2, -0.15) is 0 Å². The van der Waals surface area contributed by atoms with Crippen molar-refractivity contribution in [2.75, 3.05) is 17.2 Å². The number of likely N-dealkylation sites (tertiary alicyclic amines) is 1. The summed E-state index contributed by atoms with van der Waals surface area (Å²) >= 11 is 0. The van der Waals surface area contributed by atoms with E-state index in [9.17, 15) is 9.59 Å². The molecule has 0 aromatic heterocycles. The van der Waals surface area contributed by atoms with Crippen molar-refractivity contribution in [3.05, 3.63) is 119 Å². The first-order valence-corrected chi connectivity index (χ1v) is 12.9. The van der Waals surface area contributed by atoms with Crippen LogP contribution in [0.15, 0.2) is 103 Å². The Labute approximate surface area is 223 Å². The Morgan fingerprint density at radius 2 is 1.37 bits per heavy atom. The SMILES string of the molecule is Cc1ccc(NC(=O)NC2(NC(=O)Nc3ccc(C)cc3)CN(Cc3ccccc3)C3=CC=CCC32)cc1. The summed E-state index contributed by atoms with van der Waals surface area (Å²) in [6.45, 7) is 5.09. The molecule has 3 aromatic rings. The second-order valence-corrected chi connectivity index (χ2v) is 10.0. The highest BCUT2D eigenvalue weighted by Gasteiger charge is 2.51. The van der Waals surface area contributed by atoms with Gasteiger partial charge in [0.2, 0.25) is 0 Å². The second-order valence-electron chi connectivity index (χ2n) is 10.0. The van der Waals surface area contributed by atoms with Crippen molar-refractivity contribution < 1.29 is 9.59 Å². The van der Waals surface area contributed by atoms with Crippen LogP contribution in [0.3, 0.4) is 0 Å². The highest BCUT2D eigenvalue weighted by Crippen LogP contribution is 2.40. The Kier molecular flexibility index (Phi) is 7.18. The van der Waals surface area contributed by atoms with Gasteiger partial charge in [0.15, 0.2) is 0 Å². The Balaban J connectivity index is 1.42. The Hall–Kier alpha value is -4.52. The fraction of sp³-hybridized carbons (Fsp3) is 0.226. The molecular formula is C31H33N5O2. The minimum Gasteiger partial charge on any atom is -0.366 e. The fourth-order valence-corrected chi connectivity index (χ4v) is 5.14. The van der Waals surface area contributed by atoms with Crippen molar-refractivity contribution in [1.29, 1.82) is 0 Å². The smallest absolute Gasteiger partial charge is 0.321 e. The van der Waals surface area contributed by atoms with Crippen molar-refractivity contribution in [2.24, 2.45) is 5.92 Å². The number of nitrogens with zero attached hydrogens (tertiary/aromatic N) is 1. The summed E-state index contributed by atoms with van der Waals surface area (Å²) in [5, 5.41) is 12.2. The van der Waals surface area contributed by atoms with Gasteiger partial charge in [0, 0.05) is 29.5 Å². The third-order valence-electron chi connectivity index (χ3n) is 7.04. The zero-order chi connectivity index (χ0) is 26.5. The number of hydrogen-bond acceptors (Lipinski definition) is 3. The van der Waals surface area contributed by atoms with E-state index in [2.05, 4.69) is 50.5 Å². The number of rotatable bonds is 6. The minimum atomic E-state index is -1.03. The van der Waals surface area contributed by atoms with E-state index in [1.165, 1.54) is 0 Å². The number of allylic oxidation sites excluding steroid dienone is 3. The summed E-state index contributed by atoms with van der Waals surface area (Å²) in [5.41, 5.74) is 4.80. The summed E-state index contributed by atoms with van der Waals surface area (Å²) < 4.78 is 0. The lowest BCUT2D eigenvalue weighted by Gasteiger charge is -2.36. The van der Waals surface area contributed by atoms with E-state index in [1.54, 1.807) is 0 Å². The first kappa shape index (κ1) is 25.1. The molecule has 4 N–H and O–H groups in total. The lowest BCUT2D eigenvalue weighted by molar-refractivity contribution is 0.192. The third kappa shape index (κ3) is 5.72. The Bertz CT molecular complexity index is 1290. The Morgan fingerprint density at radius 1 is 0.816 bits per heavy atom. The number of amides is 4. The molecule has 1 aliphatic heterocycles. The van der Waals surface area contributed by atoms with Gasteiger partial charge < -0.3 is 26.2 Å². The molecule has 1 aliphatic carbocycles. The lowest BCUT2D eigenvalue weighted by Crippen LogP contribution is -2.66. The van der Waals surface area contributed by atoms with Crippen molar-refractivity contribution in [3.8, 4) is 0 Å². The maximum atomic E-state index is 13.3. The molecule has 1 unspecified atom stereocenters. The van der Waals surface area contributed by atoms with Gasteiger partial charge in [-0.25, -0.2) is 9.59 Å². The Morgan fingerprint density at radius 3 is 1.92 bits per heavy atom. The van der Waals surface area contributed by atoms with E-state index >= 15 is 0 Å². The topological polar surface area (TPSA) is 85.5 Å². The number of carbonyl (C=O) groups is 2.